The lowest BCUT2D eigenvalue weighted by atomic mass is 10.5. The van der Waals surface area contributed by atoms with Crippen LogP contribution < -0.4 is 11.1 Å². The van der Waals surface area contributed by atoms with Crippen LogP contribution in [-0.2, 0) is 4.79 Å². The summed E-state index contributed by atoms with van der Waals surface area (Å²) in [6, 6.07) is -0.497. The van der Waals surface area contributed by atoms with Crippen molar-refractivity contribution in [3.63, 3.8) is 0 Å². The molecule has 3 N–H and O–H groups in total. The highest BCUT2D eigenvalue weighted by Gasteiger charge is 2.14. The molecule has 0 radical (unpaired) electrons. The number of imide groups is 1. The smallest absolute Gasteiger partial charge is 0.328 e. The maximum Gasteiger partial charge on any atom is 0.328 e. The number of urea groups is 1. The van der Waals surface area contributed by atoms with Gasteiger partial charge >= 0.3 is 6.03 Å². The van der Waals surface area contributed by atoms with Gasteiger partial charge in [0.25, 0.3) is 0 Å². The number of rotatable bonds is 3. The van der Waals surface area contributed by atoms with Crippen LogP contribution in [-0.4, -0.2) is 29.9 Å². The Morgan fingerprint density at radius 1 is 1.67 bits per heavy atom. The first-order chi connectivity index (χ1) is 5.63. The minimum Gasteiger partial charge on any atom is -0.329 e. The Labute approximate surface area is 71.2 Å². The van der Waals surface area contributed by atoms with Crippen LogP contribution in [0.25, 0.3) is 0 Å². The van der Waals surface area contributed by atoms with Gasteiger partial charge in [-0.05, 0) is 6.20 Å². The van der Waals surface area contributed by atoms with Crippen LogP contribution in [0.3, 0.4) is 0 Å². The predicted molar refractivity (Wildman–Crippen MR) is 45.2 cm³/mol. The first-order valence-electron chi connectivity index (χ1n) is 3.53. The van der Waals surface area contributed by atoms with Crippen LogP contribution in [0.4, 0.5) is 4.79 Å². The zero-order valence-corrected chi connectivity index (χ0v) is 7.04. The van der Waals surface area contributed by atoms with E-state index < -0.39 is 6.03 Å². The van der Waals surface area contributed by atoms with E-state index in [2.05, 4.69) is 11.9 Å². The molecule has 0 aliphatic rings. The van der Waals surface area contributed by atoms with Crippen molar-refractivity contribution in [3.8, 4) is 0 Å². The molecule has 5 heteroatoms. The Morgan fingerprint density at radius 3 is 2.58 bits per heavy atom. The lowest BCUT2D eigenvalue weighted by molar-refractivity contribution is -0.125. The van der Waals surface area contributed by atoms with Crippen molar-refractivity contribution >= 4 is 11.9 Å². The van der Waals surface area contributed by atoms with Gasteiger partial charge in [-0.1, -0.05) is 6.58 Å². The monoisotopic (exact) mass is 171 g/mol. The zero-order chi connectivity index (χ0) is 9.56. The maximum atomic E-state index is 11.0. The summed E-state index contributed by atoms with van der Waals surface area (Å²) < 4.78 is 0. The van der Waals surface area contributed by atoms with Gasteiger partial charge in [-0.2, -0.15) is 0 Å². The highest BCUT2D eigenvalue weighted by atomic mass is 16.2. The van der Waals surface area contributed by atoms with E-state index in [0.29, 0.717) is 0 Å². The van der Waals surface area contributed by atoms with E-state index in [1.807, 2.05) is 0 Å². The van der Waals surface area contributed by atoms with E-state index in [1.165, 1.54) is 13.1 Å². The fourth-order valence-corrected chi connectivity index (χ4v) is 0.696. The third-order valence-corrected chi connectivity index (χ3v) is 1.20. The number of amides is 3. The Bertz CT molecular complexity index is 191. The van der Waals surface area contributed by atoms with E-state index in [4.69, 9.17) is 5.73 Å². The van der Waals surface area contributed by atoms with Crippen LogP contribution >= 0.6 is 0 Å². The highest BCUT2D eigenvalue weighted by molar-refractivity contribution is 5.93. The summed E-state index contributed by atoms with van der Waals surface area (Å²) in [6.45, 7) is 5.08. The fourth-order valence-electron chi connectivity index (χ4n) is 0.696. The van der Waals surface area contributed by atoms with E-state index in [1.54, 1.807) is 0 Å². The van der Waals surface area contributed by atoms with Crippen molar-refractivity contribution in [3.05, 3.63) is 12.8 Å². The lowest BCUT2D eigenvalue weighted by Gasteiger charge is -2.16. The summed E-state index contributed by atoms with van der Waals surface area (Å²) in [5.41, 5.74) is 5.20. The van der Waals surface area contributed by atoms with Crippen LogP contribution in [0.2, 0.25) is 0 Å². The largest absolute Gasteiger partial charge is 0.329 e. The average Bonchev–Trinajstić information content (AvgIpc) is 1.99. The second-order valence-electron chi connectivity index (χ2n) is 2.11. The van der Waals surface area contributed by atoms with Gasteiger partial charge in [-0.25, -0.2) is 4.79 Å². The number of carbonyl (C=O) groups is 2. The maximum absolute atomic E-state index is 11.0. The Balaban J connectivity index is 4.18. The summed E-state index contributed by atoms with van der Waals surface area (Å²) in [5, 5.41) is 2.29. The molecule has 0 aromatic heterocycles. The molecule has 0 spiro atoms. The fraction of sp³-hybridized carbons (Fsp3) is 0.429. The quantitative estimate of drug-likeness (QED) is 0.609. The van der Waals surface area contributed by atoms with Gasteiger partial charge in [0.2, 0.25) is 5.91 Å². The first kappa shape index (κ1) is 10.6. The topological polar surface area (TPSA) is 75.4 Å². The highest BCUT2D eigenvalue weighted by Crippen LogP contribution is 1.89. The van der Waals surface area contributed by atoms with E-state index >= 15 is 0 Å². The molecule has 68 valence electrons. The van der Waals surface area contributed by atoms with E-state index in [-0.39, 0.29) is 19.0 Å². The molecule has 3 amide bonds. The molecule has 0 atom stereocenters. The number of hydrogen-bond acceptors (Lipinski definition) is 3. The Kier molecular flexibility index (Phi) is 4.71. The van der Waals surface area contributed by atoms with Crippen LogP contribution in [0.5, 0.6) is 0 Å². The minimum atomic E-state index is -0.497. The molecule has 0 fully saturated rings. The van der Waals surface area contributed by atoms with E-state index in [9.17, 15) is 9.59 Å². The van der Waals surface area contributed by atoms with Crippen molar-refractivity contribution in [1.82, 2.24) is 10.2 Å². The summed E-state index contributed by atoms with van der Waals surface area (Å²) >= 11 is 0. The van der Waals surface area contributed by atoms with Crippen molar-refractivity contribution in [2.24, 2.45) is 5.73 Å². The van der Waals surface area contributed by atoms with Gasteiger partial charge in [0.15, 0.2) is 0 Å². The molecule has 0 saturated heterocycles. The molecule has 0 aromatic carbocycles. The predicted octanol–water partition coefficient (Wildman–Crippen LogP) is -0.353. The number of nitrogens with two attached hydrogens (primary N) is 1. The Morgan fingerprint density at radius 2 is 2.25 bits per heavy atom. The van der Waals surface area contributed by atoms with Gasteiger partial charge in [-0.3, -0.25) is 9.69 Å². The third kappa shape index (κ3) is 3.16. The first-order valence-corrected chi connectivity index (χ1v) is 3.53. The molecule has 0 aromatic rings. The second kappa shape index (κ2) is 5.31. The van der Waals surface area contributed by atoms with Gasteiger partial charge in [0.05, 0.1) is 0 Å². The zero-order valence-electron chi connectivity index (χ0n) is 7.04. The van der Waals surface area contributed by atoms with Gasteiger partial charge < -0.3 is 11.1 Å². The molecule has 0 bridgehead atoms. The molecule has 12 heavy (non-hydrogen) atoms. The van der Waals surface area contributed by atoms with Gasteiger partial charge in [0, 0.05) is 20.0 Å². The molecule has 0 heterocycles. The van der Waals surface area contributed by atoms with Crippen LogP contribution in [0.1, 0.15) is 6.92 Å². The number of carbonyl (C=O) groups excluding carboxylic acids is 2. The lowest BCUT2D eigenvalue weighted by Crippen LogP contribution is -2.43. The molecular formula is C7H13N3O2. The SMILES string of the molecule is C=CNC(=O)N(CCN)C(C)=O. The standard InChI is InChI=1S/C7H13N3O2/c1-3-9-7(12)10(5-4-8)6(2)11/h3H,1,4-5,8H2,2H3,(H,9,12). The molecule has 0 rings (SSSR count). The molecular weight excluding hydrogens is 158 g/mol. The van der Waals surface area contributed by atoms with Crippen LogP contribution in [0.15, 0.2) is 12.8 Å². The third-order valence-electron chi connectivity index (χ3n) is 1.20. The number of nitrogens with one attached hydrogen (secondary N) is 1. The van der Waals surface area contributed by atoms with Crippen molar-refractivity contribution in [2.45, 2.75) is 6.92 Å². The van der Waals surface area contributed by atoms with Crippen molar-refractivity contribution in [2.75, 3.05) is 13.1 Å². The summed E-state index contributed by atoms with van der Waals surface area (Å²) in [4.78, 5) is 22.9. The van der Waals surface area contributed by atoms with Gasteiger partial charge in [-0.15, -0.1) is 0 Å². The minimum absolute atomic E-state index is 0.217. The average molecular weight is 171 g/mol. The molecule has 0 saturated carbocycles. The summed E-state index contributed by atoms with van der Waals surface area (Å²) in [5.74, 6) is -0.334. The molecule has 5 nitrogen and oxygen atoms in total. The second-order valence-corrected chi connectivity index (χ2v) is 2.11. The van der Waals surface area contributed by atoms with Crippen LogP contribution in [0, 0.1) is 0 Å². The number of hydrogen-bond donors (Lipinski definition) is 2. The van der Waals surface area contributed by atoms with Crippen molar-refractivity contribution < 1.29 is 9.59 Å². The normalized spacial score (nSPS) is 8.83. The molecule has 0 unspecified atom stereocenters. The van der Waals surface area contributed by atoms with Crippen molar-refractivity contribution in [1.29, 1.82) is 0 Å². The molecule has 0 aliphatic carbocycles. The number of nitrogens with zero attached hydrogens (tertiary/aromatic N) is 1. The van der Waals surface area contributed by atoms with Gasteiger partial charge in [0.1, 0.15) is 0 Å². The Hall–Kier alpha value is -1.36. The summed E-state index contributed by atoms with van der Waals surface area (Å²) in [6.07, 6.45) is 1.22. The molecule has 0 aliphatic heterocycles. The van der Waals surface area contributed by atoms with E-state index in [0.717, 1.165) is 4.90 Å². The summed E-state index contributed by atoms with van der Waals surface area (Å²) in [7, 11) is 0.